The van der Waals surface area contributed by atoms with E-state index in [0.717, 1.165) is 12.4 Å². The molecule has 0 spiro atoms. The topological polar surface area (TPSA) is 44.3 Å². The molecule has 6 heteroatoms. The molecule has 0 radical (unpaired) electrons. The lowest BCUT2D eigenvalue weighted by molar-refractivity contribution is 0.355. The van der Waals surface area contributed by atoms with Crippen molar-refractivity contribution >= 4 is 11.8 Å². The molecule has 1 aliphatic heterocycles. The average Bonchev–Trinajstić information content (AvgIpc) is 2.71. The molecular formula is C12H20FN5. The normalized spacial score (nSPS) is 23.4. The van der Waals surface area contributed by atoms with Crippen LogP contribution in [-0.4, -0.2) is 56.4 Å². The summed E-state index contributed by atoms with van der Waals surface area (Å²) < 4.78 is 13.6. The summed E-state index contributed by atoms with van der Waals surface area (Å²) in [4.78, 5) is 12.5. The second-order valence-corrected chi connectivity index (χ2v) is 4.81. The molecule has 0 amide bonds. The van der Waals surface area contributed by atoms with Crippen LogP contribution in [0.3, 0.4) is 0 Å². The molecule has 1 aliphatic rings. The predicted octanol–water partition coefficient (Wildman–Crippen LogP) is 0.679. The molecule has 18 heavy (non-hydrogen) atoms. The summed E-state index contributed by atoms with van der Waals surface area (Å²) in [7, 11) is 5.67. The summed E-state index contributed by atoms with van der Waals surface area (Å²) in [6.45, 7) is 1.18. The predicted molar refractivity (Wildman–Crippen MR) is 70.9 cm³/mol. The van der Waals surface area contributed by atoms with Gasteiger partial charge in [-0.15, -0.1) is 0 Å². The van der Waals surface area contributed by atoms with Crippen LogP contribution in [0.25, 0.3) is 0 Å². The van der Waals surface area contributed by atoms with Crippen LogP contribution in [0.1, 0.15) is 6.42 Å². The number of halogens is 1. The molecule has 1 N–H and O–H groups in total. The molecule has 5 nitrogen and oxygen atoms in total. The van der Waals surface area contributed by atoms with Crippen LogP contribution in [0.4, 0.5) is 16.2 Å². The number of hydrogen-bond acceptors (Lipinski definition) is 5. The molecule has 0 aromatic carbocycles. The first-order valence-corrected chi connectivity index (χ1v) is 6.17. The van der Waals surface area contributed by atoms with Crippen molar-refractivity contribution < 1.29 is 4.39 Å². The smallest absolute Gasteiger partial charge is 0.226 e. The highest BCUT2D eigenvalue weighted by atomic mass is 19.1. The highest BCUT2D eigenvalue weighted by Crippen LogP contribution is 2.26. The molecule has 1 aromatic heterocycles. The van der Waals surface area contributed by atoms with E-state index in [9.17, 15) is 4.39 Å². The fourth-order valence-corrected chi connectivity index (χ4v) is 2.28. The molecule has 0 unspecified atom stereocenters. The number of nitrogens with zero attached hydrogens (tertiary/aromatic N) is 4. The number of hydrogen-bond donors (Lipinski definition) is 1. The van der Waals surface area contributed by atoms with Gasteiger partial charge in [-0.25, -0.2) is 9.37 Å². The molecule has 1 saturated heterocycles. The molecule has 100 valence electrons. The molecule has 2 rings (SSSR count). The maximum atomic E-state index is 13.6. The van der Waals surface area contributed by atoms with E-state index in [-0.39, 0.29) is 6.04 Å². The van der Waals surface area contributed by atoms with Gasteiger partial charge in [0.15, 0.2) is 0 Å². The summed E-state index contributed by atoms with van der Waals surface area (Å²) in [5, 5.41) is 3.11. The van der Waals surface area contributed by atoms with Crippen molar-refractivity contribution in [1.82, 2.24) is 15.3 Å². The number of alkyl halides is 1. The summed E-state index contributed by atoms with van der Waals surface area (Å²) in [6, 6.07) is 2.00. The first kappa shape index (κ1) is 13.0. The maximum Gasteiger partial charge on any atom is 0.226 e. The lowest BCUT2D eigenvalue weighted by atomic mass is 10.2. The summed E-state index contributed by atoms with van der Waals surface area (Å²) in [5.41, 5.74) is 0. The van der Waals surface area contributed by atoms with Crippen LogP contribution >= 0.6 is 0 Å². The Hall–Kier alpha value is -1.43. The standard InChI is InChI=1S/C12H20FN5/c1-14-7-10-6-9(13)8-18(10)11-4-5-15-12(16-11)17(2)3/h4-5,9-10,14H,6-8H2,1-3H3/t9-,10+/m1/s1. The van der Waals surface area contributed by atoms with E-state index in [0.29, 0.717) is 18.9 Å². The minimum absolute atomic E-state index is 0.162. The SMILES string of the molecule is CNC[C@@H]1C[C@@H](F)CN1c1ccnc(N(C)C)n1. The van der Waals surface area contributed by atoms with Gasteiger partial charge >= 0.3 is 0 Å². The lowest BCUT2D eigenvalue weighted by Gasteiger charge is -2.25. The third kappa shape index (κ3) is 2.69. The summed E-state index contributed by atoms with van der Waals surface area (Å²) >= 11 is 0. The molecule has 1 aromatic rings. The van der Waals surface area contributed by atoms with Crippen LogP contribution < -0.4 is 15.1 Å². The highest BCUT2D eigenvalue weighted by Gasteiger charge is 2.32. The van der Waals surface area contributed by atoms with Gasteiger partial charge in [-0.1, -0.05) is 0 Å². The fourth-order valence-electron chi connectivity index (χ4n) is 2.28. The van der Waals surface area contributed by atoms with Gasteiger partial charge in [0.05, 0.1) is 6.54 Å². The van der Waals surface area contributed by atoms with E-state index >= 15 is 0 Å². The second-order valence-electron chi connectivity index (χ2n) is 4.81. The highest BCUT2D eigenvalue weighted by molar-refractivity contribution is 5.45. The molecule has 0 saturated carbocycles. The van der Waals surface area contributed by atoms with Crippen molar-refractivity contribution in [2.45, 2.75) is 18.6 Å². The minimum Gasteiger partial charge on any atom is -0.349 e. The quantitative estimate of drug-likeness (QED) is 0.855. The van der Waals surface area contributed by atoms with Crippen molar-refractivity contribution in [2.24, 2.45) is 0 Å². The zero-order valence-electron chi connectivity index (χ0n) is 11.1. The third-order valence-electron chi connectivity index (χ3n) is 3.13. The maximum absolute atomic E-state index is 13.6. The van der Waals surface area contributed by atoms with E-state index in [1.165, 1.54) is 0 Å². The molecule has 0 aliphatic carbocycles. The van der Waals surface area contributed by atoms with Gasteiger partial charge < -0.3 is 15.1 Å². The summed E-state index contributed by atoms with van der Waals surface area (Å²) in [5.74, 6) is 1.45. The Labute approximate surface area is 107 Å². The van der Waals surface area contributed by atoms with Crippen molar-refractivity contribution in [2.75, 3.05) is 44.0 Å². The number of nitrogens with one attached hydrogen (secondary N) is 1. The van der Waals surface area contributed by atoms with Gasteiger partial charge in [0, 0.05) is 39.3 Å². The first-order valence-electron chi connectivity index (χ1n) is 6.17. The molecule has 1 fully saturated rings. The van der Waals surface area contributed by atoms with E-state index < -0.39 is 6.17 Å². The van der Waals surface area contributed by atoms with Gasteiger partial charge in [0.2, 0.25) is 5.95 Å². The van der Waals surface area contributed by atoms with Crippen LogP contribution in [0.5, 0.6) is 0 Å². The minimum atomic E-state index is -0.777. The van der Waals surface area contributed by atoms with Crippen LogP contribution in [0.2, 0.25) is 0 Å². The Morgan fingerprint density at radius 1 is 1.56 bits per heavy atom. The Morgan fingerprint density at radius 2 is 2.33 bits per heavy atom. The monoisotopic (exact) mass is 253 g/mol. The Kier molecular flexibility index (Phi) is 3.96. The lowest BCUT2D eigenvalue weighted by Crippen LogP contribution is -2.37. The Balaban J connectivity index is 2.21. The van der Waals surface area contributed by atoms with Gasteiger partial charge in [0.1, 0.15) is 12.0 Å². The van der Waals surface area contributed by atoms with E-state index in [1.54, 1.807) is 6.20 Å². The number of likely N-dealkylation sites (N-methyl/N-ethyl adjacent to an activating group) is 1. The van der Waals surface area contributed by atoms with Crippen LogP contribution in [0.15, 0.2) is 12.3 Å². The zero-order valence-corrected chi connectivity index (χ0v) is 11.1. The third-order valence-corrected chi connectivity index (χ3v) is 3.13. The van der Waals surface area contributed by atoms with E-state index in [1.807, 2.05) is 37.0 Å². The van der Waals surface area contributed by atoms with Gasteiger partial charge in [-0.2, -0.15) is 4.98 Å². The molecule has 2 heterocycles. The van der Waals surface area contributed by atoms with Crippen molar-refractivity contribution in [3.8, 4) is 0 Å². The van der Waals surface area contributed by atoms with Crippen molar-refractivity contribution in [1.29, 1.82) is 0 Å². The Bertz CT molecular complexity index is 398. The number of aromatic nitrogens is 2. The van der Waals surface area contributed by atoms with Gasteiger partial charge in [-0.05, 0) is 13.1 Å². The second kappa shape index (κ2) is 5.48. The molecule has 0 bridgehead atoms. The zero-order chi connectivity index (χ0) is 13.1. The molecular weight excluding hydrogens is 233 g/mol. The fraction of sp³-hybridized carbons (Fsp3) is 0.667. The van der Waals surface area contributed by atoms with Gasteiger partial charge in [-0.3, -0.25) is 0 Å². The largest absolute Gasteiger partial charge is 0.349 e. The Morgan fingerprint density at radius 3 is 3.00 bits per heavy atom. The molecule has 2 atom stereocenters. The van der Waals surface area contributed by atoms with Crippen LogP contribution in [0, 0.1) is 0 Å². The van der Waals surface area contributed by atoms with Crippen molar-refractivity contribution in [3.05, 3.63) is 12.3 Å². The van der Waals surface area contributed by atoms with Crippen LogP contribution in [-0.2, 0) is 0 Å². The summed E-state index contributed by atoms with van der Waals surface area (Å²) in [6.07, 6.45) is 1.50. The van der Waals surface area contributed by atoms with E-state index in [2.05, 4.69) is 15.3 Å². The first-order chi connectivity index (χ1) is 8.61. The number of rotatable bonds is 4. The van der Waals surface area contributed by atoms with Gasteiger partial charge in [0.25, 0.3) is 0 Å². The van der Waals surface area contributed by atoms with Crippen molar-refractivity contribution in [3.63, 3.8) is 0 Å². The number of anilines is 2. The average molecular weight is 253 g/mol. The van der Waals surface area contributed by atoms with E-state index in [4.69, 9.17) is 0 Å².